The Labute approximate surface area is 156 Å². The summed E-state index contributed by atoms with van der Waals surface area (Å²) < 4.78 is 0. The van der Waals surface area contributed by atoms with Crippen LogP contribution >= 0.6 is 0 Å². The van der Waals surface area contributed by atoms with Gasteiger partial charge in [0.25, 0.3) is 0 Å². The maximum atomic E-state index is 11.5. The molecule has 0 aliphatic carbocycles. The van der Waals surface area contributed by atoms with Crippen LogP contribution in [-0.4, -0.2) is 24.2 Å². The van der Waals surface area contributed by atoms with E-state index in [4.69, 9.17) is 5.21 Å². The predicted molar refractivity (Wildman–Crippen MR) is 107 cm³/mol. The van der Waals surface area contributed by atoms with Crippen LogP contribution in [0.1, 0.15) is 110 Å². The van der Waals surface area contributed by atoms with E-state index in [1.807, 2.05) is 0 Å². The van der Waals surface area contributed by atoms with Gasteiger partial charge in [-0.05, 0) is 18.8 Å². The van der Waals surface area contributed by atoms with Crippen molar-refractivity contribution in [3.05, 3.63) is 0 Å². The van der Waals surface area contributed by atoms with E-state index in [1.54, 1.807) is 0 Å². The molecule has 3 N–H and O–H groups in total. The second kappa shape index (κ2) is 19.7. The van der Waals surface area contributed by atoms with Gasteiger partial charge in [-0.25, -0.2) is 5.48 Å². The molecule has 0 radical (unpaired) electrons. The van der Waals surface area contributed by atoms with E-state index in [0.29, 0.717) is 19.5 Å². The highest BCUT2D eigenvalue weighted by Gasteiger charge is 2.00. The first-order valence-corrected chi connectivity index (χ1v) is 10.8. The molecule has 0 aromatic rings. The summed E-state index contributed by atoms with van der Waals surface area (Å²) in [7, 11) is 0. The lowest BCUT2D eigenvalue weighted by molar-refractivity contribution is -0.121. The SMILES string of the molecule is CC(C)CCCCCCCCCCCCCCC(=O)NCCCNO. The second-order valence-corrected chi connectivity index (χ2v) is 7.79. The van der Waals surface area contributed by atoms with E-state index in [1.165, 1.54) is 77.0 Å². The molecule has 0 fully saturated rings. The molecule has 0 atom stereocenters. The van der Waals surface area contributed by atoms with Gasteiger partial charge in [0.15, 0.2) is 0 Å². The summed E-state index contributed by atoms with van der Waals surface area (Å²) in [6.07, 6.45) is 18.8. The molecule has 0 unspecified atom stereocenters. The van der Waals surface area contributed by atoms with Crippen molar-refractivity contribution in [2.75, 3.05) is 13.1 Å². The third-order valence-electron chi connectivity index (χ3n) is 4.72. The number of hydrogen-bond acceptors (Lipinski definition) is 3. The Hall–Kier alpha value is -0.610. The second-order valence-electron chi connectivity index (χ2n) is 7.79. The maximum absolute atomic E-state index is 11.5. The lowest BCUT2D eigenvalue weighted by Crippen LogP contribution is -2.26. The normalized spacial score (nSPS) is 11.2. The van der Waals surface area contributed by atoms with Gasteiger partial charge in [-0.3, -0.25) is 4.79 Å². The van der Waals surface area contributed by atoms with Crippen molar-refractivity contribution in [1.82, 2.24) is 10.8 Å². The fourth-order valence-electron chi connectivity index (χ4n) is 3.09. The number of hydrogen-bond donors (Lipinski definition) is 3. The quantitative estimate of drug-likeness (QED) is 0.209. The average molecular weight is 357 g/mol. The van der Waals surface area contributed by atoms with Crippen LogP contribution in [0.3, 0.4) is 0 Å². The van der Waals surface area contributed by atoms with E-state index in [9.17, 15) is 4.79 Å². The first-order valence-electron chi connectivity index (χ1n) is 10.8. The summed E-state index contributed by atoms with van der Waals surface area (Å²) in [5.74, 6) is 1.01. The summed E-state index contributed by atoms with van der Waals surface area (Å²) in [6.45, 7) is 5.80. The summed E-state index contributed by atoms with van der Waals surface area (Å²) in [4.78, 5) is 11.5. The molecule has 0 spiro atoms. The monoisotopic (exact) mass is 356 g/mol. The zero-order chi connectivity index (χ0) is 18.6. The number of nitrogens with one attached hydrogen (secondary N) is 2. The van der Waals surface area contributed by atoms with Crippen molar-refractivity contribution >= 4 is 5.91 Å². The Morgan fingerprint density at radius 3 is 1.68 bits per heavy atom. The summed E-state index contributed by atoms with van der Waals surface area (Å²) in [5.41, 5.74) is 2.09. The van der Waals surface area contributed by atoms with E-state index < -0.39 is 0 Å². The van der Waals surface area contributed by atoms with Gasteiger partial charge in [-0.1, -0.05) is 90.9 Å². The molecule has 4 heteroatoms. The van der Waals surface area contributed by atoms with Crippen molar-refractivity contribution in [3.63, 3.8) is 0 Å². The lowest BCUT2D eigenvalue weighted by atomic mass is 10.0. The fraction of sp³-hybridized carbons (Fsp3) is 0.952. The number of carbonyl (C=O) groups excluding carboxylic acids is 1. The predicted octanol–water partition coefficient (Wildman–Crippen LogP) is 5.59. The highest BCUT2D eigenvalue weighted by Crippen LogP contribution is 2.14. The molecule has 25 heavy (non-hydrogen) atoms. The highest BCUT2D eigenvalue weighted by atomic mass is 16.5. The van der Waals surface area contributed by atoms with E-state index in [-0.39, 0.29) is 5.91 Å². The molecule has 4 nitrogen and oxygen atoms in total. The number of hydroxylamine groups is 1. The highest BCUT2D eigenvalue weighted by molar-refractivity contribution is 5.75. The Kier molecular flexibility index (Phi) is 19.2. The molecule has 0 bridgehead atoms. The van der Waals surface area contributed by atoms with Gasteiger partial charge in [0.05, 0.1) is 0 Å². The third kappa shape index (κ3) is 21.3. The topological polar surface area (TPSA) is 61.4 Å². The number of unbranched alkanes of at least 4 members (excludes halogenated alkanes) is 11. The first-order chi connectivity index (χ1) is 12.2. The molecule has 0 aromatic heterocycles. The smallest absolute Gasteiger partial charge is 0.219 e. The van der Waals surface area contributed by atoms with E-state index >= 15 is 0 Å². The Bertz CT molecular complexity index is 283. The Balaban J connectivity index is 3.10. The van der Waals surface area contributed by atoms with Crippen LogP contribution in [-0.2, 0) is 4.79 Å². The molecular weight excluding hydrogens is 312 g/mol. The largest absolute Gasteiger partial charge is 0.356 e. The molecule has 0 aliphatic rings. The molecule has 0 rings (SSSR count). The standard InChI is InChI=1S/C21H44N2O2/c1-20(2)16-13-11-9-7-5-3-4-6-8-10-12-14-17-21(24)22-18-15-19-23-25/h20,23,25H,3-19H2,1-2H3,(H,22,24). The van der Waals surface area contributed by atoms with E-state index in [0.717, 1.165) is 18.8 Å². The molecule has 0 aromatic carbocycles. The van der Waals surface area contributed by atoms with Crippen molar-refractivity contribution in [1.29, 1.82) is 0 Å². The minimum Gasteiger partial charge on any atom is -0.356 e. The number of rotatable bonds is 19. The molecule has 0 heterocycles. The Morgan fingerprint density at radius 1 is 0.720 bits per heavy atom. The van der Waals surface area contributed by atoms with Gasteiger partial charge >= 0.3 is 0 Å². The molecule has 1 amide bonds. The maximum Gasteiger partial charge on any atom is 0.219 e. The molecule has 0 saturated carbocycles. The third-order valence-corrected chi connectivity index (χ3v) is 4.72. The van der Waals surface area contributed by atoms with Gasteiger partial charge in [0.1, 0.15) is 0 Å². The van der Waals surface area contributed by atoms with Crippen molar-refractivity contribution < 1.29 is 10.0 Å². The van der Waals surface area contributed by atoms with Gasteiger partial charge in [0, 0.05) is 19.5 Å². The lowest BCUT2D eigenvalue weighted by Gasteiger charge is -2.05. The van der Waals surface area contributed by atoms with Crippen molar-refractivity contribution in [2.24, 2.45) is 5.92 Å². The van der Waals surface area contributed by atoms with Crippen LogP contribution in [0.4, 0.5) is 0 Å². The number of carbonyl (C=O) groups is 1. The van der Waals surface area contributed by atoms with E-state index in [2.05, 4.69) is 24.6 Å². The van der Waals surface area contributed by atoms with Crippen LogP contribution in [0.5, 0.6) is 0 Å². The van der Waals surface area contributed by atoms with Gasteiger partial charge in [-0.2, -0.15) is 0 Å². The summed E-state index contributed by atoms with van der Waals surface area (Å²) in [6, 6.07) is 0. The molecular formula is C21H44N2O2. The zero-order valence-corrected chi connectivity index (χ0v) is 17.0. The van der Waals surface area contributed by atoms with Crippen molar-refractivity contribution in [2.45, 2.75) is 110 Å². The van der Waals surface area contributed by atoms with Crippen LogP contribution < -0.4 is 10.8 Å². The Morgan fingerprint density at radius 2 is 1.20 bits per heavy atom. The summed E-state index contributed by atoms with van der Waals surface area (Å²) >= 11 is 0. The molecule has 0 aliphatic heterocycles. The minimum absolute atomic E-state index is 0.145. The number of amides is 1. The van der Waals surface area contributed by atoms with Gasteiger partial charge in [0.2, 0.25) is 5.91 Å². The van der Waals surface area contributed by atoms with Gasteiger partial charge < -0.3 is 10.5 Å². The van der Waals surface area contributed by atoms with Crippen LogP contribution in [0.2, 0.25) is 0 Å². The summed E-state index contributed by atoms with van der Waals surface area (Å²) in [5, 5.41) is 11.3. The van der Waals surface area contributed by atoms with Gasteiger partial charge in [-0.15, -0.1) is 0 Å². The molecule has 0 saturated heterocycles. The average Bonchev–Trinajstić information content (AvgIpc) is 2.58. The van der Waals surface area contributed by atoms with Crippen LogP contribution in [0.15, 0.2) is 0 Å². The fourth-order valence-corrected chi connectivity index (χ4v) is 3.09. The van der Waals surface area contributed by atoms with Crippen LogP contribution in [0, 0.1) is 5.92 Å². The van der Waals surface area contributed by atoms with Crippen molar-refractivity contribution in [3.8, 4) is 0 Å². The zero-order valence-electron chi connectivity index (χ0n) is 17.0. The molecule has 150 valence electrons. The first kappa shape index (κ1) is 24.4. The minimum atomic E-state index is 0.145. The van der Waals surface area contributed by atoms with Crippen LogP contribution in [0.25, 0.3) is 0 Å².